The van der Waals surface area contributed by atoms with Crippen molar-refractivity contribution >= 4 is 23.1 Å². The van der Waals surface area contributed by atoms with E-state index in [2.05, 4.69) is 10.3 Å². The van der Waals surface area contributed by atoms with Crippen molar-refractivity contribution in [2.75, 3.05) is 18.5 Å². The molecule has 18 heavy (non-hydrogen) atoms. The molecule has 0 saturated carbocycles. The van der Waals surface area contributed by atoms with Gasteiger partial charge >= 0.3 is 0 Å². The van der Waals surface area contributed by atoms with Gasteiger partial charge in [0, 0.05) is 13.2 Å². The van der Waals surface area contributed by atoms with Gasteiger partial charge in [-0.25, -0.2) is 4.98 Å². The van der Waals surface area contributed by atoms with E-state index in [9.17, 15) is 10.1 Å². The van der Waals surface area contributed by atoms with Crippen molar-refractivity contribution in [3.63, 3.8) is 0 Å². The fourth-order valence-electron chi connectivity index (χ4n) is 1.87. The number of nitrogens with zero attached hydrogens (tertiary/aromatic N) is 2. The Morgan fingerprint density at radius 3 is 3.06 bits per heavy atom. The second kappa shape index (κ2) is 5.97. The zero-order valence-corrected chi connectivity index (χ0v) is 10.5. The molecule has 7 heteroatoms. The summed E-state index contributed by atoms with van der Waals surface area (Å²) in [5.74, 6) is 0.406. The number of hydrogen-bond acceptors (Lipinski definition) is 5. The van der Waals surface area contributed by atoms with Crippen LogP contribution in [-0.2, 0) is 4.74 Å². The Hall–Kier alpha value is -1.40. The maximum Gasteiger partial charge on any atom is 0.276 e. The Morgan fingerprint density at radius 2 is 2.39 bits per heavy atom. The van der Waals surface area contributed by atoms with E-state index in [0.29, 0.717) is 12.4 Å². The number of hydrogen-bond donors (Lipinski definition) is 1. The number of anilines is 1. The predicted octanol–water partition coefficient (Wildman–Crippen LogP) is 2.62. The Balaban J connectivity index is 1.97. The van der Waals surface area contributed by atoms with E-state index in [-0.39, 0.29) is 16.9 Å². The van der Waals surface area contributed by atoms with E-state index >= 15 is 0 Å². The molecule has 0 bridgehead atoms. The molecule has 0 aromatic carbocycles. The lowest BCUT2D eigenvalue weighted by Crippen LogP contribution is -2.27. The highest BCUT2D eigenvalue weighted by molar-refractivity contribution is 6.29. The molecule has 1 saturated heterocycles. The quantitative estimate of drug-likeness (QED) is 0.517. The first-order valence-electron chi connectivity index (χ1n) is 5.82. The van der Waals surface area contributed by atoms with Crippen molar-refractivity contribution in [3.05, 3.63) is 27.4 Å². The van der Waals surface area contributed by atoms with E-state index in [1.807, 2.05) is 0 Å². The van der Waals surface area contributed by atoms with Gasteiger partial charge in [0.05, 0.1) is 23.2 Å². The number of halogens is 1. The number of aromatic nitrogens is 1. The van der Waals surface area contributed by atoms with Gasteiger partial charge in [-0.2, -0.15) is 0 Å². The third kappa shape index (κ3) is 3.54. The van der Waals surface area contributed by atoms with E-state index in [1.165, 1.54) is 12.1 Å². The van der Waals surface area contributed by atoms with Gasteiger partial charge in [0.25, 0.3) is 5.69 Å². The molecule has 0 spiro atoms. The van der Waals surface area contributed by atoms with Gasteiger partial charge in [0.2, 0.25) is 0 Å². The summed E-state index contributed by atoms with van der Waals surface area (Å²) >= 11 is 5.73. The first-order chi connectivity index (χ1) is 8.65. The first-order valence-corrected chi connectivity index (χ1v) is 6.20. The number of ether oxygens (including phenoxy) is 1. The lowest BCUT2D eigenvalue weighted by atomic mass is 10.1. The van der Waals surface area contributed by atoms with Gasteiger partial charge in [-0.05, 0) is 19.3 Å². The predicted molar refractivity (Wildman–Crippen MR) is 68.0 cm³/mol. The molecule has 1 aromatic rings. The van der Waals surface area contributed by atoms with Crippen molar-refractivity contribution in [2.24, 2.45) is 0 Å². The van der Waals surface area contributed by atoms with E-state index < -0.39 is 4.92 Å². The SMILES string of the molecule is O=[N+]([O-])c1cc(Cl)nc(NCC2CCCCO2)c1. The largest absolute Gasteiger partial charge is 0.376 e. The fraction of sp³-hybridized carbons (Fsp3) is 0.545. The Kier molecular flexibility index (Phi) is 4.33. The van der Waals surface area contributed by atoms with Crippen LogP contribution in [-0.4, -0.2) is 29.2 Å². The van der Waals surface area contributed by atoms with Crippen LogP contribution in [0.1, 0.15) is 19.3 Å². The summed E-state index contributed by atoms with van der Waals surface area (Å²) in [6.07, 6.45) is 3.38. The van der Waals surface area contributed by atoms with Crippen LogP contribution in [0.4, 0.5) is 11.5 Å². The molecule has 98 valence electrons. The van der Waals surface area contributed by atoms with E-state index in [1.54, 1.807) is 0 Å². The highest BCUT2D eigenvalue weighted by Gasteiger charge is 2.15. The van der Waals surface area contributed by atoms with Crippen molar-refractivity contribution in [1.82, 2.24) is 4.98 Å². The van der Waals surface area contributed by atoms with Crippen molar-refractivity contribution < 1.29 is 9.66 Å². The summed E-state index contributed by atoms with van der Waals surface area (Å²) in [6.45, 7) is 1.36. The average Bonchev–Trinajstić information content (AvgIpc) is 2.37. The molecule has 1 aliphatic heterocycles. The molecule has 6 nitrogen and oxygen atoms in total. The lowest BCUT2D eigenvalue weighted by molar-refractivity contribution is -0.384. The van der Waals surface area contributed by atoms with Crippen LogP contribution >= 0.6 is 11.6 Å². The fourth-order valence-corrected chi connectivity index (χ4v) is 2.07. The zero-order valence-electron chi connectivity index (χ0n) is 9.76. The summed E-state index contributed by atoms with van der Waals surface area (Å²) in [5, 5.41) is 13.8. The smallest absolute Gasteiger partial charge is 0.276 e. The average molecular weight is 272 g/mol. The number of rotatable bonds is 4. The van der Waals surface area contributed by atoms with Crippen LogP contribution in [0.5, 0.6) is 0 Å². The summed E-state index contributed by atoms with van der Waals surface area (Å²) in [7, 11) is 0. The van der Waals surface area contributed by atoms with Crippen LogP contribution in [0.15, 0.2) is 12.1 Å². The molecule has 0 aliphatic carbocycles. The van der Waals surface area contributed by atoms with Gasteiger partial charge in [-0.15, -0.1) is 0 Å². The molecule has 1 atom stereocenters. The van der Waals surface area contributed by atoms with E-state index in [4.69, 9.17) is 16.3 Å². The standard InChI is InChI=1S/C11H14ClN3O3/c12-10-5-8(15(16)17)6-11(14-10)13-7-9-3-1-2-4-18-9/h5-6,9H,1-4,7H2,(H,13,14). The second-order valence-electron chi connectivity index (χ2n) is 4.16. The number of nitrogens with one attached hydrogen (secondary N) is 1. The highest BCUT2D eigenvalue weighted by atomic mass is 35.5. The number of pyridine rings is 1. The molecule has 1 aliphatic rings. The molecule has 2 heterocycles. The zero-order chi connectivity index (χ0) is 13.0. The second-order valence-corrected chi connectivity index (χ2v) is 4.55. The van der Waals surface area contributed by atoms with Gasteiger partial charge in [-0.1, -0.05) is 11.6 Å². The van der Waals surface area contributed by atoms with Gasteiger partial charge in [0.1, 0.15) is 11.0 Å². The Bertz CT molecular complexity index is 436. The summed E-state index contributed by atoms with van der Waals surface area (Å²) in [5.41, 5.74) is -0.0675. The van der Waals surface area contributed by atoms with Crippen LogP contribution in [0.2, 0.25) is 5.15 Å². The van der Waals surface area contributed by atoms with Crippen molar-refractivity contribution in [3.8, 4) is 0 Å². The maximum atomic E-state index is 10.7. The maximum absolute atomic E-state index is 10.7. The minimum absolute atomic E-state index is 0.0675. The molecular weight excluding hydrogens is 258 g/mol. The molecule has 1 N–H and O–H groups in total. The molecule has 0 amide bonds. The third-order valence-electron chi connectivity index (χ3n) is 2.77. The van der Waals surface area contributed by atoms with Crippen LogP contribution in [0, 0.1) is 10.1 Å². The molecule has 1 unspecified atom stereocenters. The normalized spacial score (nSPS) is 19.5. The van der Waals surface area contributed by atoms with Gasteiger partial charge < -0.3 is 10.1 Å². The molecular formula is C11H14ClN3O3. The summed E-state index contributed by atoms with van der Waals surface area (Å²) in [4.78, 5) is 14.2. The van der Waals surface area contributed by atoms with Crippen LogP contribution in [0.25, 0.3) is 0 Å². The monoisotopic (exact) mass is 271 g/mol. The lowest BCUT2D eigenvalue weighted by Gasteiger charge is -2.22. The number of nitro groups is 1. The van der Waals surface area contributed by atoms with Gasteiger partial charge in [0.15, 0.2) is 0 Å². The van der Waals surface area contributed by atoms with Crippen molar-refractivity contribution in [1.29, 1.82) is 0 Å². The third-order valence-corrected chi connectivity index (χ3v) is 2.97. The molecule has 1 aromatic heterocycles. The minimum Gasteiger partial charge on any atom is -0.376 e. The van der Waals surface area contributed by atoms with E-state index in [0.717, 1.165) is 25.9 Å². The van der Waals surface area contributed by atoms with Crippen LogP contribution < -0.4 is 5.32 Å². The first kappa shape index (κ1) is 13.0. The summed E-state index contributed by atoms with van der Waals surface area (Å²) in [6, 6.07) is 2.60. The summed E-state index contributed by atoms with van der Waals surface area (Å²) < 4.78 is 5.55. The van der Waals surface area contributed by atoms with Gasteiger partial charge in [-0.3, -0.25) is 10.1 Å². The topological polar surface area (TPSA) is 77.3 Å². The Labute approximate surface area is 109 Å². The molecule has 2 rings (SSSR count). The highest BCUT2D eigenvalue weighted by Crippen LogP contribution is 2.21. The van der Waals surface area contributed by atoms with Crippen molar-refractivity contribution in [2.45, 2.75) is 25.4 Å². The minimum atomic E-state index is -0.490. The van der Waals surface area contributed by atoms with Crippen LogP contribution in [0.3, 0.4) is 0 Å². The Morgan fingerprint density at radius 1 is 1.56 bits per heavy atom. The molecule has 0 radical (unpaired) electrons. The molecule has 1 fully saturated rings.